The van der Waals surface area contributed by atoms with Crippen LogP contribution in [0.4, 0.5) is 39.0 Å². The van der Waals surface area contributed by atoms with Crippen LogP contribution in [0.5, 0.6) is 0 Å². The standard InChI is InChI=1S/C26H15ClF5N5O3/c1-36-22-17(37-9-18(38)34-25(36)37)8-16(33-23(39)10-4-11(26(30,31)32)6-13(29)5-10)19-20(22)24(40)35-21(19)14-7-12(28)2-3-15(14)27/h2-8,21H,9H2,1H3,(H,33,39)(H,35,40). The van der Waals surface area contributed by atoms with Gasteiger partial charge in [-0.25, -0.2) is 8.78 Å². The lowest BCUT2D eigenvalue weighted by molar-refractivity contribution is -0.137. The molecule has 3 aromatic carbocycles. The number of nitrogens with one attached hydrogen (secondary N) is 2. The number of fused-ring (bicyclic) bond motifs is 5. The van der Waals surface area contributed by atoms with E-state index in [-0.39, 0.29) is 46.0 Å². The zero-order valence-electron chi connectivity index (χ0n) is 20.2. The molecule has 0 saturated heterocycles. The van der Waals surface area contributed by atoms with Gasteiger partial charge in [0.05, 0.1) is 28.5 Å². The zero-order chi connectivity index (χ0) is 28.7. The van der Waals surface area contributed by atoms with Gasteiger partial charge in [0, 0.05) is 34.4 Å². The van der Waals surface area contributed by atoms with E-state index in [2.05, 4.69) is 15.6 Å². The van der Waals surface area contributed by atoms with E-state index < -0.39 is 52.7 Å². The first kappa shape index (κ1) is 25.7. The first-order valence-electron chi connectivity index (χ1n) is 11.6. The fourth-order valence-electron chi connectivity index (χ4n) is 5.14. The number of carbonyl (C=O) groups is 3. The average Bonchev–Trinajstić information content (AvgIpc) is 3.51. The summed E-state index contributed by atoms with van der Waals surface area (Å²) in [4.78, 5) is 45.6. The third kappa shape index (κ3) is 3.96. The summed E-state index contributed by atoms with van der Waals surface area (Å²) < 4.78 is 68.1. The molecule has 1 atom stereocenters. The van der Waals surface area contributed by atoms with Crippen molar-refractivity contribution >= 4 is 52.3 Å². The van der Waals surface area contributed by atoms with Gasteiger partial charge in [0.25, 0.3) is 17.7 Å². The highest BCUT2D eigenvalue weighted by atomic mass is 35.5. The molecule has 14 heteroatoms. The molecule has 3 amide bonds. The van der Waals surface area contributed by atoms with Gasteiger partial charge >= 0.3 is 6.18 Å². The highest BCUT2D eigenvalue weighted by Gasteiger charge is 2.45. The molecule has 8 nitrogen and oxygen atoms in total. The fourth-order valence-corrected chi connectivity index (χ4v) is 5.36. The number of hydrogen-bond donors (Lipinski definition) is 2. The Kier molecular flexibility index (Phi) is 5.63. The number of halogens is 6. The minimum Gasteiger partial charge on any atom is -0.341 e. The average molecular weight is 576 g/mol. The van der Waals surface area contributed by atoms with Gasteiger partial charge in [0.1, 0.15) is 18.2 Å². The van der Waals surface area contributed by atoms with E-state index in [1.54, 1.807) is 7.05 Å². The van der Waals surface area contributed by atoms with Gasteiger partial charge in [0.15, 0.2) is 0 Å². The predicted octanol–water partition coefficient (Wildman–Crippen LogP) is 4.87. The lowest BCUT2D eigenvalue weighted by Gasteiger charge is -2.21. The van der Waals surface area contributed by atoms with Gasteiger partial charge in [0.2, 0.25) is 5.96 Å². The summed E-state index contributed by atoms with van der Waals surface area (Å²) in [6.45, 7) is -0.154. The Hall–Kier alpha value is -4.52. The Labute approximate surface area is 227 Å². The first-order chi connectivity index (χ1) is 18.8. The van der Waals surface area contributed by atoms with Crippen molar-refractivity contribution in [1.82, 2.24) is 5.32 Å². The number of carbonyl (C=O) groups excluding carboxylic acids is 3. The van der Waals surface area contributed by atoms with Crippen molar-refractivity contribution in [2.75, 3.05) is 28.7 Å². The summed E-state index contributed by atoms with van der Waals surface area (Å²) in [5.74, 6) is -3.87. The molecule has 0 aromatic heterocycles. The maximum absolute atomic E-state index is 14.2. The smallest absolute Gasteiger partial charge is 0.341 e. The minimum atomic E-state index is -4.91. The maximum atomic E-state index is 14.2. The SMILES string of the molecule is CN1C2=NC(=O)CN2c2cc(NC(=O)c3cc(F)cc(C(F)(F)F)c3)c3c(c21)C(=O)NC3c1cc(F)ccc1Cl. The molecule has 0 spiro atoms. The molecule has 204 valence electrons. The van der Waals surface area contributed by atoms with Crippen LogP contribution in [0.3, 0.4) is 0 Å². The molecular weight excluding hydrogens is 561 g/mol. The largest absolute Gasteiger partial charge is 0.416 e. The second-order valence-electron chi connectivity index (χ2n) is 9.28. The Balaban J connectivity index is 1.53. The van der Waals surface area contributed by atoms with Gasteiger partial charge in [-0.2, -0.15) is 18.2 Å². The lowest BCUT2D eigenvalue weighted by Crippen LogP contribution is -2.33. The van der Waals surface area contributed by atoms with E-state index in [9.17, 15) is 36.3 Å². The summed E-state index contributed by atoms with van der Waals surface area (Å²) >= 11 is 6.33. The van der Waals surface area contributed by atoms with Crippen LogP contribution in [-0.4, -0.2) is 37.3 Å². The van der Waals surface area contributed by atoms with Crippen molar-refractivity contribution < 1.29 is 36.3 Å². The van der Waals surface area contributed by atoms with E-state index in [0.29, 0.717) is 23.5 Å². The van der Waals surface area contributed by atoms with Crippen molar-refractivity contribution in [2.24, 2.45) is 4.99 Å². The third-order valence-corrected chi connectivity index (χ3v) is 7.15. The lowest BCUT2D eigenvalue weighted by atomic mass is 9.94. The highest BCUT2D eigenvalue weighted by Crippen LogP contribution is 2.50. The number of anilines is 3. The Morgan fingerprint density at radius 1 is 1.10 bits per heavy atom. The van der Waals surface area contributed by atoms with Gasteiger partial charge < -0.3 is 20.4 Å². The number of nitrogens with zero attached hydrogens (tertiary/aromatic N) is 3. The maximum Gasteiger partial charge on any atom is 0.416 e. The van der Waals surface area contributed by atoms with E-state index in [0.717, 1.165) is 12.1 Å². The Morgan fingerprint density at radius 3 is 2.58 bits per heavy atom. The van der Waals surface area contributed by atoms with Crippen LogP contribution in [0.25, 0.3) is 0 Å². The second kappa shape index (κ2) is 8.74. The number of amides is 3. The third-order valence-electron chi connectivity index (χ3n) is 6.80. The second-order valence-corrected chi connectivity index (χ2v) is 9.69. The Bertz CT molecular complexity index is 1710. The van der Waals surface area contributed by atoms with Crippen LogP contribution in [0.1, 0.15) is 43.4 Å². The van der Waals surface area contributed by atoms with Crippen LogP contribution in [0, 0.1) is 11.6 Å². The van der Waals surface area contributed by atoms with Gasteiger partial charge in [-0.3, -0.25) is 14.4 Å². The number of guanidine groups is 1. The van der Waals surface area contributed by atoms with Gasteiger partial charge in [-0.15, -0.1) is 0 Å². The number of alkyl halides is 3. The van der Waals surface area contributed by atoms with Crippen LogP contribution < -0.4 is 20.4 Å². The summed E-state index contributed by atoms with van der Waals surface area (Å²) in [7, 11) is 1.58. The van der Waals surface area contributed by atoms with E-state index in [1.807, 2.05) is 0 Å². The summed E-state index contributed by atoms with van der Waals surface area (Å²) in [6, 6.07) is 5.26. The summed E-state index contributed by atoms with van der Waals surface area (Å²) in [5.41, 5.74) is -1.02. The zero-order valence-corrected chi connectivity index (χ0v) is 20.9. The molecule has 40 heavy (non-hydrogen) atoms. The van der Waals surface area contributed by atoms with E-state index in [4.69, 9.17) is 11.6 Å². The molecule has 0 fully saturated rings. The molecule has 2 N–H and O–H groups in total. The minimum absolute atomic E-state index is 0.0470. The van der Waals surface area contributed by atoms with Crippen molar-refractivity contribution in [3.05, 3.63) is 86.9 Å². The fraction of sp³-hybridized carbons (Fsp3) is 0.154. The van der Waals surface area contributed by atoms with Crippen LogP contribution in [0.2, 0.25) is 5.02 Å². The van der Waals surface area contributed by atoms with Crippen LogP contribution in [-0.2, 0) is 11.0 Å². The molecule has 0 bridgehead atoms. The topological polar surface area (TPSA) is 94.1 Å². The van der Waals surface area contributed by atoms with Gasteiger partial charge in [-0.1, -0.05) is 11.6 Å². The number of hydrogen-bond acceptors (Lipinski definition) is 5. The van der Waals surface area contributed by atoms with Crippen LogP contribution in [0.15, 0.2) is 47.5 Å². The normalized spacial score (nSPS) is 17.5. The summed E-state index contributed by atoms with van der Waals surface area (Å²) in [5, 5.41) is 5.30. The monoisotopic (exact) mass is 575 g/mol. The van der Waals surface area contributed by atoms with Crippen LogP contribution >= 0.6 is 11.6 Å². The van der Waals surface area contributed by atoms with Crippen molar-refractivity contribution in [1.29, 1.82) is 0 Å². The van der Waals surface area contributed by atoms with Gasteiger partial charge in [-0.05, 0) is 42.5 Å². The molecule has 1 unspecified atom stereocenters. The van der Waals surface area contributed by atoms with Crippen molar-refractivity contribution in [3.63, 3.8) is 0 Å². The molecule has 3 heterocycles. The number of benzene rings is 3. The molecule has 6 rings (SSSR count). The predicted molar refractivity (Wildman–Crippen MR) is 135 cm³/mol. The van der Waals surface area contributed by atoms with Crippen molar-refractivity contribution in [3.8, 4) is 0 Å². The number of aliphatic imine (C=N–C) groups is 1. The molecule has 0 aliphatic carbocycles. The molecule has 3 aliphatic heterocycles. The molecule has 3 aliphatic rings. The molecular formula is C26H15ClF5N5O3. The number of rotatable bonds is 3. The molecule has 0 saturated carbocycles. The van der Waals surface area contributed by atoms with Crippen molar-refractivity contribution in [2.45, 2.75) is 12.2 Å². The van der Waals surface area contributed by atoms with E-state index in [1.165, 1.54) is 21.9 Å². The Morgan fingerprint density at radius 2 is 1.85 bits per heavy atom. The quantitative estimate of drug-likeness (QED) is 0.435. The molecule has 3 aromatic rings. The first-order valence-corrected chi connectivity index (χ1v) is 12.0. The molecule has 0 radical (unpaired) electrons. The highest BCUT2D eigenvalue weighted by molar-refractivity contribution is 6.32. The summed E-state index contributed by atoms with van der Waals surface area (Å²) in [6.07, 6.45) is -4.91. The van der Waals surface area contributed by atoms with E-state index >= 15 is 0 Å².